The van der Waals surface area contributed by atoms with Gasteiger partial charge in [-0.3, -0.25) is 15.0 Å². The van der Waals surface area contributed by atoms with Crippen molar-refractivity contribution >= 4 is 33.4 Å². The molecule has 0 bridgehead atoms. The van der Waals surface area contributed by atoms with E-state index >= 15 is 0 Å². The number of amides is 2. The Hall–Kier alpha value is -3.32. The molecule has 0 aromatic heterocycles. The summed E-state index contributed by atoms with van der Waals surface area (Å²) in [6.45, 7) is 0. The predicted octanol–water partition coefficient (Wildman–Crippen LogP) is 4.07. The fourth-order valence-corrected chi connectivity index (χ4v) is 3.34. The van der Waals surface area contributed by atoms with E-state index in [1.165, 1.54) is 5.01 Å². The zero-order chi connectivity index (χ0) is 19.7. The van der Waals surface area contributed by atoms with Crippen LogP contribution in [0.1, 0.15) is 32.4 Å². The summed E-state index contributed by atoms with van der Waals surface area (Å²) in [5, 5.41) is 14.4. The van der Waals surface area contributed by atoms with Crippen LogP contribution in [0.4, 0.5) is 5.69 Å². The molecule has 0 saturated heterocycles. The molecule has 3 N–H and O–H groups in total. The molecule has 1 heterocycles. The third-order valence-electron chi connectivity index (χ3n) is 4.44. The molecule has 7 heteroatoms. The van der Waals surface area contributed by atoms with Crippen LogP contribution < -0.4 is 10.7 Å². The molecule has 3 aromatic rings. The number of phenolic OH excluding ortho intramolecular Hbond substituents is 1. The third kappa shape index (κ3) is 3.44. The van der Waals surface area contributed by atoms with Gasteiger partial charge in [-0.05, 0) is 48.5 Å². The van der Waals surface area contributed by atoms with Crippen molar-refractivity contribution in [3.05, 3.63) is 94.0 Å². The first-order chi connectivity index (χ1) is 13.5. The van der Waals surface area contributed by atoms with Crippen LogP contribution in [-0.4, -0.2) is 21.9 Å². The fraction of sp³-hybridized carbons (Fsp3) is 0.0476. The second kappa shape index (κ2) is 7.36. The SMILES string of the molecule is O=C(NN1C(=O)c2ccccc2N[C@@H]1c1cccc(O)c1)c1ccc(Br)cc1. The van der Waals surface area contributed by atoms with Crippen molar-refractivity contribution < 1.29 is 14.7 Å². The smallest absolute Gasteiger partial charge is 0.276 e. The van der Waals surface area contributed by atoms with Crippen molar-refractivity contribution in [2.45, 2.75) is 6.17 Å². The summed E-state index contributed by atoms with van der Waals surface area (Å²) >= 11 is 3.34. The van der Waals surface area contributed by atoms with Gasteiger partial charge in [-0.15, -0.1) is 0 Å². The van der Waals surface area contributed by atoms with E-state index in [1.807, 2.05) is 6.07 Å². The number of halogens is 1. The summed E-state index contributed by atoms with van der Waals surface area (Å²) in [5.41, 5.74) is 4.87. The molecule has 0 aliphatic carbocycles. The number of rotatable bonds is 3. The molecule has 2 amide bonds. The van der Waals surface area contributed by atoms with Crippen LogP contribution >= 0.6 is 15.9 Å². The standard InChI is InChI=1S/C21H16BrN3O3/c22-15-10-8-13(9-11-15)20(27)24-25-19(14-4-3-5-16(26)12-14)23-18-7-2-1-6-17(18)21(25)28/h1-12,19,23,26H,(H,24,27)/t19-/m0/s1. The second-order valence-corrected chi connectivity index (χ2v) is 7.23. The van der Waals surface area contributed by atoms with Gasteiger partial charge in [0, 0.05) is 21.3 Å². The number of carbonyl (C=O) groups excluding carboxylic acids is 2. The molecule has 28 heavy (non-hydrogen) atoms. The molecule has 1 aliphatic rings. The van der Waals surface area contributed by atoms with Crippen molar-refractivity contribution in [2.75, 3.05) is 5.32 Å². The molecule has 0 radical (unpaired) electrons. The van der Waals surface area contributed by atoms with Gasteiger partial charge in [-0.2, -0.15) is 0 Å². The molecule has 3 aromatic carbocycles. The number of phenols is 1. The lowest BCUT2D eigenvalue weighted by atomic mass is 10.0. The Kier molecular flexibility index (Phi) is 4.75. The zero-order valence-corrected chi connectivity index (χ0v) is 16.2. The normalized spacial score (nSPS) is 15.5. The minimum atomic E-state index is -0.672. The van der Waals surface area contributed by atoms with E-state index < -0.39 is 12.1 Å². The van der Waals surface area contributed by atoms with Crippen molar-refractivity contribution in [3.8, 4) is 5.75 Å². The van der Waals surface area contributed by atoms with E-state index in [4.69, 9.17) is 0 Å². The number of benzene rings is 3. The summed E-state index contributed by atoms with van der Waals surface area (Å²) in [5.74, 6) is -0.676. The number of para-hydroxylation sites is 1. The largest absolute Gasteiger partial charge is 0.508 e. The number of hydrogen-bond acceptors (Lipinski definition) is 4. The van der Waals surface area contributed by atoms with Gasteiger partial charge in [0.1, 0.15) is 11.9 Å². The highest BCUT2D eigenvalue weighted by Crippen LogP contribution is 2.33. The van der Waals surface area contributed by atoms with Crippen molar-refractivity contribution in [3.63, 3.8) is 0 Å². The first-order valence-corrected chi connectivity index (χ1v) is 9.37. The van der Waals surface area contributed by atoms with Crippen LogP contribution in [0.5, 0.6) is 5.75 Å². The highest BCUT2D eigenvalue weighted by molar-refractivity contribution is 9.10. The number of nitrogens with zero attached hydrogens (tertiary/aromatic N) is 1. The first kappa shape index (κ1) is 18.1. The Bertz CT molecular complexity index is 1050. The number of hydrazine groups is 1. The number of nitrogens with one attached hydrogen (secondary N) is 2. The first-order valence-electron chi connectivity index (χ1n) is 8.57. The van der Waals surface area contributed by atoms with E-state index in [0.29, 0.717) is 22.4 Å². The van der Waals surface area contributed by atoms with Gasteiger partial charge in [0.2, 0.25) is 0 Å². The Morgan fingerprint density at radius 1 is 1.04 bits per heavy atom. The number of carbonyl (C=O) groups is 2. The molecular weight excluding hydrogens is 422 g/mol. The second-order valence-electron chi connectivity index (χ2n) is 6.31. The molecule has 0 fully saturated rings. The predicted molar refractivity (Wildman–Crippen MR) is 109 cm³/mol. The van der Waals surface area contributed by atoms with E-state index in [0.717, 1.165) is 4.47 Å². The third-order valence-corrected chi connectivity index (χ3v) is 4.97. The molecule has 140 valence electrons. The number of anilines is 1. The molecule has 4 rings (SSSR count). The average molecular weight is 438 g/mol. The van der Waals surface area contributed by atoms with E-state index in [-0.39, 0.29) is 11.7 Å². The molecule has 0 spiro atoms. The molecule has 0 saturated carbocycles. The van der Waals surface area contributed by atoms with Crippen LogP contribution in [0.25, 0.3) is 0 Å². The number of aromatic hydroxyl groups is 1. The van der Waals surface area contributed by atoms with Crippen LogP contribution in [0.2, 0.25) is 0 Å². The number of fused-ring (bicyclic) bond motifs is 1. The Labute approximate surface area is 169 Å². The average Bonchev–Trinajstić information content (AvgIpc) is 2.70. The van der Waals surface area contributed by atoms with Crippen LogP contribution in [0, 0.1) is 0 Å². The van der Waals surface area contributed by atoms with Gasteiger partial charge in [-0.1, -0.05) is 40.2 Å². The fourth-order valence-electron chi connectivity index (χ4n) is 3.07. The minimum absolute atomic E-state index is 0.0739. The van der Waals surface area contributed by atoms with Crippen molar-refractivity contribution in [2.24, 2.45) is 0 Å². The maximum Gasteiger partial charge on any atom is 0.276 e. The quantitative estimate of drug-likeness (QED) is 0.576. The summed E-state index contributed by atoms with van der Waals surface area (Å²) in [4.78, 5) is 25.8. The monoisotopic (exact) mass is 437 g/mol. The van der Waals surface area contributed by atoms with Gasteiger partial charge in [0.15, 0.2) is 0 Å². The van der Waals surface area contributed by atoms with Crippen molar-refractivity contribution in [1.29, 1.82) is 0 Å². The van der Waals surface area contributed by atoms with E-state index in [1.54, 1.807) is 66.7 Å². The lowest BCUT2D eigenvalue weighted by Gasteiger charge is -2.37. The Balaban J connectivity index is 1.71. The zero-order valence-electron chi connectivity index (χ0n) is 14.6. The van der Waals surface area contributed by atoms with Crippen LogP contribution in [0.15, 0.2) is 77.3 Å². The van der Waals surface area contributed by atoms with Crippen molar-refractivity contribution in [1.82, 2.24) is 10.4 Å². The maximum absolute atomic E-state index is 13.1. The molecule has 1 aliphatic heterocycles. The summed E-state index contributed by atoms with van der Waals surface area (Å²) in [6, 6.07) is 20.5. The lowest BCUT2D eigenvalue weighted by Crippen LogP contribution is -2.52. The molecule has 0 unspecified atom stereocenters. The van der Waals surface area contributed by atoms with E-state index in [2.05, 4.69) is 26.7 Å². The molecular formula is C21H16BrN3O3. The topological polar surface area (TPSA) is 81.7 Å². The highest BCUT2D eigenvalue weighted by atomic mass is 79.9. The number of hydrogen-bond donors (Lipinski definition) is 3. The van der Waals surface area contributed by atoms with Gasteiger partial charge >= 0.3 is 0 Å². The lowest BCUT2D eigenvalue weighted by molar-refractivity contribution is 0.0490. The van der Waals surface area contributed by atoms with Crippen LogP contribution in [-0.2, 0) is 0 Å². The van der Waals surface area contributed by atoms with Gasteiger partial charge in [0.25, 0.3) is 11.8 Å². The molecule has 6 nitrogen and oxygen atoms in total. The summed E-state index contributed by atoms with van der Waals surface area (Å²) < 4.78 is 0.853. The van der Waals surface area contributed by atoms with Gasteiger partial charge < -0.3 is 10.4 Å². The summed E-state index contributed by atoms with van der Waals surface area (Å²) in [6.07, 6.45) is -0.672. The Morgan fingerprint density at radius 3 is 2.54 bits per heavy atom. The molecule has 1 atom stereocenters. The summed E-state index contributed by atoms with van der Waals surface area (Å²) in [7, 11) is 0. The van der Waals surface area contributed by atoms with Gasteiger partial charge in [-0.25, -0.2) is 5.01 Å². The van der Waals surface area contributed by atoms with E-state index in [9.17, 15) is 14.7 Å². The highest BCUT2D eigenvalue weighted by Gasteiger charge is 2.34. The van der Waals surface area contributed by atoms with Gasteiger partial charge in [0.05, 0.1) is 5.56 Å². The Morgan fingerprint density at radius 2 is 1.79 bits per heavy atom. The minimum Gasteiger partial charge on any atom is -0.508 e. The maximum atomic E-state index is 13.1. The van der Waals surface area contributed by atoms with Crippen LogP contribution in [0.3, 0.4) is 0 Å².